The molecule has 2 N–H and O–H groups in total. The third kappa shape index (κ3) is 5.03. The van der Waals surface area contributed by atoms with Gasteiger partial charge in [0.2, 0.25) is 0 Å². The van der Waals surface area contributed by atoms with Gasteiger partial charge in [-0.2, -0.15) is 5.10 Å². The summed E-state index contributed by atoms with van der Waals surface area (Å²) in [5.74, 6) is 1.25. The summed E-state index contributed by atoms with van der Waals surface area (Å²) in [5.41, 5.74) is 3.59. The van der Waals surface area contributed by atoms with Gasteiger partial charge in [-0.05, 0) is 36.3 Å². The quantitative estimate of drug-likeness (QED) is 0.373. The van der Waals surface area contributed by atoms with E-state index in [-0.39, 0.29) is 0 Å². The van der Waals surface area contributed by atoms with Gasteiger partial charge in [0.25, 0.3) is 0 Å². The predicted molar refractivity (Wildman–Crippen MR) is 93.3 cm³/mol. The van der Waals surface area contributed by atoms with Crippen LogP contribution >= 0.6 is 23.8 Å². The minimum absolute atomic E-state index is 0.505. The number of nitrogens with one attached hydrogen (secondary N) is 2. The highest BCUT2D eigenvalue weighted by Gasteiger charge is 2.14. The lowest BCUT2D eigenvalue weighted by Gasteiger charge is -2.10. The highest BCUT2D eigenvalue weighted by Crippen LogP contribution is 2.37. The Morgan fingerprint density at radius 1 is 1.41 bits per heavy atom. The van der Waals surface area contributed by atoms with Crippen molar-refractivity contribution in [2.75, 3.05) is 19.8 Å². The van der Waals surface area contributed by atoms with E-state index in [4.69, 9.17) is 33.3 Å². The molecule has 5 nitrogen and oxygen atoms in total. The molecule has 0 radical (unpaired) electrons. The standard InChI is InChI=1S/C15H20ClN3O2S/c1-2-3-5-17-15(22)19-18-10-11-8-12(16)14-13(9-11)20-6-4-7-21-14/h8-10H,2-7H2,1H3,(H2,17,19,22)/b18-10-. The van der Waals surface area contributed by atoms with E-state index in [0.29, 0.717) is 34.8 Å². The zero-order valence-electron chi connectivity index (χ0n) is 12.5. The molecule has 120 valence electrons. The summed E-state index contributed by atoms with van der Waals surface area (Å²) >= 11 is 11.3. The molecule has 0 spiro atoms. The van der Waals surface area contributed by atoms with Gasteiger partial charge in [-0.25, -0.2) is 0 Å². The number of benzene rings is 1. The molecular formula is C15H20ClN3O2S. The van der Waals surface area contributed by atoms with Crippen LogP contribution in [0.1, 0.15) is 31.7 Å². The number of nitrogens with zero attached hydrogens (tertiary/aromatic N) is 1. The van der Waals surface area contributed by atoms with Crippen molar-refractivity contribution in [1.29, 1.82) is 0 Å². The van der Waals surface area contributed by atoms with Crippen molar-refractivity contribution in [3.05, 3.63) is 22.7 Å². The van der Waals surface area contributed by atoms with Crippen LogP contribution in [0, 0.1) is 0 Å². The summed E-state index contributed by atoms with van der Waals surface area (Å²) in [4.78, 5) is 0. The van der Waals surface area contributed by atoms with Crippen molar-refractivity contribution >= 4 is 35.1 Å². The molecular weight excluding hydrogens is 322 g/mol. The lowest BCUT2D eigenvalue weighted by Crippen LogP contribution is -2.32. The maximum absolute atomic E-state index is 6.22. The second-order valence-electron chi connectivity index (χ2n) is 4.86. The third-order valence-electron chi connectivity index (χ3n) is 3.02. The molecule has 1 aliphatic heterocycles. The number of thiocarbonyl (C=S) groups is 1. The number of hydrogen-bond donors (Lipinski definition) is 2. The molecule has 0 saturated heterocycles. The first-order valence-electron chi connectivity index (χ1n) is 7.36. The average Bonchev–Trinajstić information content (AvgIpc) is 2.73. The van der Waals surface area contributed by atoms with Gasteiger partial charge in [0.1, 0.15) is 0 Å². The zero-order chi connectivity index (χ0) is 15.8. The fraction of sp³-hybridized carbons (Fsp3) is 0.467. The van der Waals surface area contributed by atoms with Gasteiger partial charge < -0.3 is 14.8 Å². The van der Waals surface area contributed by atoms with Gasteiger partial charge in [-0.1, -0.05) is 24.9 Å². The summed E-state index contributed by atoms with van der Waals surface area (Å²) in [6.07, 6.45) is 4.68. The molecule has 1 aliphatic rings. The Hall–Kier alpha value is -1.53. The Bertz CT molecular complexity index is 552. The Kier molecular flexibility index (Phi) is 6.74. The maximum atomic E-state index is 6.22. The van der Waals surface area contributed by atoms with Crippen LogP contribution in [0.25, 0.3) is 0 Å². The van der Waals surface area contributed by atoms with E-state index >= 15 is 0 Å². The fourth-order valence-electron chi connectivity index (χ4n) is 1.91. The summed E-state index contributed by atoms with van der Waals surface area (Å²) in [6, 6.07) is 3.64. The van der Waals surface area contributed by atoms with Gasteiger partial charge in [0, 0.05) is 13.0 Å². The molecule has 0 bridgehead atoms. The SMILES string of the molecule is CCCCNC(=S)N/N=C\c1cc(Cl)c2c(c1)OCCCO2. The van der Waals surface area contributed by atoms with E-state index < -0.39 is 0 Å². The average molecular weight is 342 g/mol. The van der Waals surface area contributed by atoms with Gasteiger partial charge in [0.05, 0.1) is 24.5 Å². The van der Waals surface area contributed by atoms with Crippen molar-refractivity contribution < 1.29 is 9.47 Å². The second-order valence-corrected chi connectivity index (χ2v) is 5.68. The highest BCUT2D eigenvalue weighted by molar-refractivity contribution is 7.80. The van der Waals surface area contributed by atoms with E-state index in [1.54, 1.807) is 12.3 Å². The maximum Gasteiger partial charge on any atom is 0.186 e. The lowest BCUT2D eigenvalue weighted by molar-refractivity contribution is 0.297. The summed E-state index contributed by atoms with van der Waals surface area (Å²) < 4.78 is 11.2. The van der Waals surface area contributed by atoms with Crippen LogP contribution in [0.4, 0.5) is 0 Å². The van der Waals surface area contributed by atoms with E-state index in [2.05, 4.69) is 22.8 Å². The fourth-order valence-corrected chi connectivity index (χ4v) is 2.34. The summed E-state index contributed by atoms with van der Waals surface area (Å²) in [7, 11) is 0. The Labute approximate surface area is 141 Å². The number of fused-ring (bicyclic) bond motifs is 1. The topological polar surface area (TPSA) is 54.9 Å². The first kappa shape index (κ1) is 16.8. The lowest BCUT2D eigenvalue weighted by atomic mass is 10.2. The van der Waals surface area contributed by atoms with Crippen LogP contribution in [0.2, 0.25) is 5.02 Å². The summed E-state index contributed by atoms with van der Waals surface area (Å²) in [6.45, 7) is 4.20. The van der Waals surface area contributed by atoms with Crippen molar-refractivity contribution in [1.82, 2.24) is 10.7 Å². The highest BCUT2D eigenvalue weighted by atomic mass is 35.5. The van der Waals surface area contributed by atoms with Crippen molar-refractivity contribution in [3.8, 4) is 11.5 Å². The van der Waals surface area contributed by atoms with E-state index in [0.717, 1.165) is 31.4 Å². The molecule has 22 heavy (non-hydrogen) atoms. The number of hydrazone groups is 1. The number of rotatable bonds is 5. The molecule has 0 aliphatic carbocycles. The zero-order valence-corrected chi connectivity index (χ0v) is 14.1. The summed E-state index contributed by atoms with van der Waals surface area (Å²) in [5, 5.41) is 8.20. The van der Waals surface area contributed by atoms with Crippen LogP contribution in [-0.4, -0.2) is 31.1 Å². The van der Waals surface area contributed by atoms with Crippen LogP contribution in [0.5, 0.6) is 11.5 Å². The number of unbranched alkanes of at least 4 members (excludes halogenated alkanes) is 1. The third-order valence-corrected chi connectivity index (χ3v) is 3.54. The molecule has 0 unspecified atom stereocenters. The number of halogens is 1. The van der Waals surface area contributed by atoms with Gasteiger partial charge in [-0.3, -0.25) is 5.43 Å². The van der Waals surface area contributed by atoms with Crippen LogP contribution in [0.15, 0.2) is 17.2 Å². The number of ether oxygens (including phenoxy) is 2. The molecule has 2 rings (SSSR count). The Morgan fingerprint density at radius 2 is 2.23 bits per heavy atom. The van der Waals surface area contributed by atoms with Gasteiger partial charge >= 0.3 is 0 Å². The molecule has 0 saturated carbocycles. The molecule has 0 amide bonds. The first-order chi connectivity index (χ1) is 10.7. The first-order valence-corrected chi connectivity index (χ1v) is 8.15. The molecule has 0 atom stereocenters. The predicted octanol–water partition coefficient (Wildman–Crippen LogP) is 3.10. The molecule has 1 aromatic carbocycles. The van der Waals surface area contributed by atoms with E-state index in [1.165, 1.54) is 0 Å². The largest absolute Gasteiger partial charge is 0.489 e. The molecule has 0 aromatic heterocycles. The van der Waals surface area contributed by atoms with Gasteiger partial charge in [-0.15, -0.1) is 0 Å². The number of hydrogen-bond acceptors (Lipinski definition) is 4. The van der Waals surface area contributed by atoms with Crippen LogP contribution in [0.3, 0.4) is 0 Å². The Morgan fingerprint density at radius 3 is 3.05 bits per heavy atom. The monoisotopic (exact) mass is 341 g/mol. The normalized spacial score (nSPS) is 13.7. The Balaban J connectivity index is 1.95. The molecule has 1 heterocycles. The second kappa shape index (κ2) is 8.80. The smallest absolute Gasteiger partial charge is 0.186 e. The molecule has 1 aromatic rings. The van der Waals surface area contributed by atoms with Gasteiger partial charge in [0.15, 0.2) is 16.6 Å². The van der Waals surface area contributed by atoms with E-state index in [9.17, 15) is 0 Å². The van der Waals surface area contributed by atoms with Crippen molar-refractivity contribution in [2.45, 2.75) is 26.2 Å². The van der Waals surface area contributed by atoms with Crippen molar-refractivity contribution in [2.24, 2.45) is 5.10 Å². The molecule has 0 fully saturated rings. The minimum atomic E-state index is 0.505. The molecule has 7 heteroatoms. The van der Waals surface area contributed by atoms with Crippen LogP contribution < -0.4 is 20.2 Å². The minimum Gasteiger partial charge on any atom is -0.489 e. The van der Waals surface area contributed by atoms with Crippen LogP contribution in [-0.2, 0) is 0 Å². The van der Waals surface area contributed by atoms with Crippen molar-refractivity contribution in [3.63, 3.8) is 0 Å². The van der Waals surface area contributed by atoms with E-state index in [1.807, 2.05) is 6.07 Å².